The van der Waals surface area contributed by atoms with E-state index in [0.29, 0.717) is 12.4 Å². The molecule has 0 radical (unpaired) electrons. The quantitative estimate of drug-likeness (QED) is 0.760. The van der Waals surface area contributed by atoms with Crippen LogP contribution in [0.25, 0.3) is 0 Å². The number of anilines is 1. The van der Waals surface area contributed by atoms with Gasteiger partial charge in [0, 0.05) is 19.7 Å². The average Bonchev–Trinajstić information content (AvgIpc) is 2.95. The Morgan fingerprint density at radius 1 is 1.31 bits per heavy atom. The van der Waals surface area contributed by atoms with Crippen molar-refractivity contribution in [3.63, 3.8) is 0 Å². The smallest absolute Gasteiger partial charge is 0.320 e. The predicted molar refractivity (Wildman–Crippen MR) is 104 cm³/mol. The summed E-state index contributed by atoms with van der Waals surface area (Å²) in [6, 6.07) is 9.65. The Labute approximate surface area is 155 Å². The summed E-state index contributed by atoms with van der Waals surface area (Å²) in [6.45, 7) is 8.41. The van der Waals surface area contributed by atoms with E-state index in [1.807, 2.05) is 31.2 Å². The lowest BCUT2D eigenvalue weighted by Crippen LogP contribution is -2.39. The number of nitrogens with zero attached hydrogens (tertiary/aromatic N) is 3. The van der Waals surface area contributed by atoms with Crippen LogP contribution in [0.3, 0.4) is 0 Å². The second kappa shape index (κ2) is 9.24. The highest BCUT2D eigenvalue weighted by Crippen LogP contribution is 2.23. The molecule has 7 heteroatoms. The number of nitrogens with one attached hydrogen (secondary N) is 2. The highest BCUT2D eigenvalue weighted by molar-refractivity contribution is 5.88. The maximum absolute atomic E-state index is 12.3. The molecule has 2 N–H and O–H groups in total. The lowest BCUT2D eigenvalue weighted by Gasteiger charge is -2.30. The number of aromatic nitrogens is 2. The third-order valence-corrected chi connectivity index (χ3v) is 4.43. The van der Waals surface area contributed by atoms with E-state index < -0.39 is 0 Å². The van der Waals surface area contributed by atoms with Gasteiger partial charge in [0.15, 0.2) is 0 Å². The summed E-state index contributed by atoms with van der Waals surface area (Å²) < 4.78 is 7.00. The second-order valence-corrected chi connectivity index (χ2v) is 6.14. The summed E-state index contributed by atoms with van der Waals surface area (Å²) >= 11 is 0. The number of carbonyl (C=O) groups is 1. The molecular formula is C19H29N5O2. The summed E-state index contributed by atoms with van der Waals surface area (Å²) in [4.78, 5) is 14.6. The molecule has 0 aliphatic carbocycles. The SMILES string of the molecule is CCN(CC)C(CNC(=O)Nc1cc(C)nn1C)c1cccc(OC)c1. The van der Waals surface area contributed by atoms with Crippen LogP contribution in [0.15, 0.2) is 30.3 Å². The number of aryl methyl sites for hydroxylation is 2. The number of amides is 2. The molecule has 1 aromatic carbocycles. The van der Waals surface area contributed by atoms with E-state index in [0.717, 1.165) is 30.1 Å². The van der Waals surface area contributed by atoms with Gasteiger partial charge in [-0.1, -0.05) is 26.0 Å². The first kappa shape index (κ1) is 19.8. The van der Waals surface area contributed by atoms with Crippen molar-refractivity contribution < 1.29 is 9.53 Å². The van der Waals surface area contributed by atoms with Gasteiger partial charge in [-0.15, -0.1) is 0 Å². The van der Waals surface area contributed by atoms with Gasteiger partial charge in [-0.3, -0.25) is 14.9 Å². The van der Waals surface area contributed by atoms with Crippen molar-refractivity contribution in [3.8, 4) is 5.75 Å². The normalized spacial score (nSPS) is 12.1. The molecule has 2 amide bonds. The maximum atomic E-state index is 12.3. The molecule has 0 aliphatic rings. The van der Waals surface area contributed by atoms with E-state index in [-0.39, 0.29) is 12.1 Å². The highest BCUT2D eigenvalue weighted by Gasteiger charge is 2.19. The van der Waals surface area contributed by atoms with Crippen molar-refractivity contribution in [1.82, 2.24) is 20.0 Å². The third kappa shape index (κ3) is 4.98. The van der Waals surface area contributed by atoms with Crippen LogP contribution >= 0.6 is 0 Å². The van der Waals surface area contributed by atoms with Crippen LogP contribution in [-0.4, -0.2) is 47.5 Å². The Bertz CT molecular complexity index is 724. The first-order valence-corrected chi connectivity index (χ1v) is 8.91. The standard InChI is InChI=1S/C19H29N5O2/c1-6-24(7-2)17(15-9-8-10-16(12-15)26-5)13-20-19(25)21-18-11-14(3)22-23(18)4/h8-12,17H,6-7,13H2,1-5H3,(H2,20,21,25). The van der Waals surface area contributed by atoms with Gasteiger partial charge in [-0.05, 0) is 37.7 Å². The molecule has 0 saturated carbocycles. The van der Waals surface area contributed by atoms with Gasteiger partial charge in [0.05, 0.1) is 18.8 Å². The number of rotatable bonds is 8. The van der Waals surface area contributed by atoms with Gasteiger partial charge < -0.3 is 10.1 Å². The molecule has 0 saturated heterocycles. The molecule has 0 spiro atoms. The van der Waals surface area contributed by atoms with Crippen LogP contribution in [0.1, 0.15) is 31.1 Å². The van der Waals surface area contributed by atoms with Crippen molar-refractivity contribution >= 4 is 11.8 Å². The van der Waals surface area contributed by atoms with Crippen molar-refractivity contribution in [1.29, 1.82) is 0 Å². The van der Waals surface area contributed by atoms with Crippen LogP contribution in [0.2, 0.25) is 0 Å². The molecule has 0 bridgehead atoms. The Morgan fingerprint density at radius 2 is 2.04 bits per heavy atom. The van der Waals surface area contributed by atoms with Crippen LogP contribution in [0, 0.1) is 6.92 Å². The summed E-state index contributed by atoms with van der Waals surface area (Å²) in [5, 5.41) is 10.1. The zero-order valence-electron chi connectivity index (χ0n) is 16.2. The zero-order chi connectivity index (χ0) is 19.1. The van der Waals surface area contributed by atoms with E-state index >= 15 is 0 Å². The fourth-order valence-corrected chi connectivity index (χ4v) is 3.05. The minimum absolute atomic E-state index is 0.0686. The molecule has 1 aromatic heterocycles. The number of carbonyl (C=O) groups excluding carboxylic acids is 1. The lowest BCUT2D eigenvalue weighted by molar-refractivity contribution is 0.209. The van der Waals surface area contributed by atoms with E-state index in [9.17, 15) is 4.79 Å². The molecule has 2 rings (SSSR count). The van der Waals surface area contributed by atoms with Crippen molar-refractivity contribution in [2.45, 2.75) is 26.8 Å². The summed E-state index contributed by atoms with van der Waals surface area (Å²) in [6.07, 6.45) is 0. The molecule has 1 unspecified atom stereocenters. The minimum atomic E-state index is -0.243. The molecule has 1 atom stereocenters. The number of methoxy groups -OCH3 is 1. The third-order valence-electron chi connectivity index (χ3n) is 4.43. The molecule has 26 heavy (non-hydrogen) atoms. The van der Waals surface area contributed by atoms with Gasteiger partial charge >= 0.3 is 6.03 Å². The predicted octanol–water partition coefficient (Wildman–Crippen LogP) is 2.94. The van der Waals surface area contributed by atoms with Crippen molar-refractivity contribution in [2.24, 2.45) is 7.05 Å². The molecule has 0 aliphatic heterocycles. The summed E-state index contributed by atoms with van der Waals surface area (Å²) in [7, 11) is 3.46. The van der Waals surface area contributed by atoms with Gasteiger partial charge in [-0.2, -0.15) is 5.10 Å². The number of likely N-dealkylation sites (N-methyl/N-ethyl adjacent to an activating group) is 1. The van der Waals surface area contributed by atoms with Crippen LogP contribution < -0.4 is 15.4 Å². The molecule has 0 fully saturated rings. The van der Waals surface area contributed by atoms with E-state index in [1.165, 1.54) is 0 Å². The highest BCUT2D eigenvalue weighted by atomic mass is 16.5. The van der Waals surface area contributed by atoms with Gasteiger partial charge in [0.2, 0.25) is 0 Å². The van der Waals surface area contributed by atoms with Gasteiger partial charge in [0.1, 0.15) is 11.6 Å². The lowest BCUT2D eigenvalue weighted by atomic mass is 10.0. The van der Waals surface area contributed by atoms with Gasteiger partial charge in [-0.25, -0.2) is 4.79 Å². The second-order valence-electron chi connectivity index (χ2n) is 6.14. The van der Waals surface area contributed by atoms with E-state index in [1.54, 1.807) is 18.8 Å². The Morgan fingerprint density at radius 3 is 2.62 bits per heavy atom. The number of hydrogen-bond acceptors (Lipinski definition) is 4. The topological polar surface area (TPSA) is 71.4 Å². The first-order chi connectivity index (χ1) is 12.5. The molecule has 2 aromatic rings. The Hall–Kier alpha value is -2.54. The molecule has 142 valence electrons. The van der Waals surface area contributed by atoms with Crippen molar-refractivity contribution in [2.75, 3.05) is 32.1 Å². The monoisotopic (exact) mass is 359 g/mol. The van der Waals surface area contributed by atoms with Gasteiger partial charge in [0.25, 0.3) is 0 Å². The summed E-state index contributed by atoms with van der Waals surface area (Å²) in [5.41, 5.74) is 1.98. The Kier molecular flexibility index (Phi) is 7.03. The molecule has 1 heterocycles. The fraction of sp³-hybridized carbons (Fsp3) is 0.474. The number of ether oxygens (including phenoxy) is 1. The van der Waals surface area contributed by atoms with Crippen LogP contribution in [0.4, 0.5) is 10.6 Å². The van der Waals surface area contributed by atoms with E-state index in [4.69, 9.17) is 4.74 Å². The largest absolute Gasteiger partial charge is 0.497 e. The van der Waals surface area contributed by atoms with Crippen LogP contribution in [0.5, 0.6) is 5.75 Å². The first-order valence-electron chi connectivity index (χ1n) is 8.91. The van der Waals surface area contributed by atoms with E-state index in [2.05, 4.69) is 40.5 Å². The average molecular weight is 359 g/mol. The fourth-order valence-electron chi connectivity index (χ4n) is 3.05. The number of urea groups is 1. The van der Waals surface area contributed by atoms with Crippen molar-refractivity contribution in [3.05, 3.63) is 41.6 Å². The number of benzene rings is 1. The molecular weight excluding hydrogens is 330 g/mol. The number of hydrogen-bond donors (Lipinski definition) is 2. The minimum Gasteiger partial charge on any atom is -0.497 e. The summed E-state index contributed by atoms with van der Waals surface area (Å²) in [5.74, 6) is 1.48. The Balaban J connectivity index is 2.08. The maximum Gasteiger partial charge on any atom is 0.320 e. The zero-order valence-corrected chi connectivity index (χ0v) is 16.2. The molecule has 7 nitrogen and oxygen atoms in total. The van der Waals surface area contributed by atoms with Crippen LogP contribution in [-0.2, 0) is 7.05 Å².